The molecule has 0 aromatic carbocycles. The largest absolute Gasteiger partial charge is 0.481 e. The Morgan fingerprint density at radius 2 is 2.18 bits per heavy atom. The van der Waals surface area contributed by atoms with E-state index in [1.54, 1.807) is 6.07 Å². The van der Waals surface area contributed by atoms with Crippen molar-refractivity contribution in [3.05, 3.63) is 17.5 Å². The number of carbonyl (C=O) groups excluding carboxylic acids is 1. The van der Waals surface area contributed by atoms with E-state index in [1.807, 2.05) is 6.92 Å². The van der Waals surface area contributed by atoms with Crippen LogP contribution in [0.1, 0.15) is 41.9 Å². The molecule has 6 heteroatoms. The molecular weight excluding hydrogens is 222 g/mol. The highest BCUT2D eigenvalue weighted by atomic mass is 16.4. The van der Waals surface area contributed by atoms with Crippen LogP contribution in [0, 0.1) is 6.92 Å². The average molecular weight is 239 g/mol. The fraction of sp³-hybridized carbons (Fsp3) is 0.545. The molecule has 94 valence electrons. The summed E-state index contributed by atoms with van der Waals surface area (Å²) < 4.78 is 0. The summed E-state index contributed by atoms with van der Waals surface area (Å²) in [7, 11) is 0. The molecule has 0 aliphatic rings. The van der Waals surface area contributed by atoms with Gasteiger partial charge in [-0.15, -0.1) is 0 Å². The Bertz CT molecular complexity index is 387. The molecule has 3 N–H and O–H groups in total. The summed E-state index contributed by atoms with van der Waals surface area (Å²) in [6.07, 6.45) is 2.41. The number of rotatable bonds is 7. The Kier molecular flexibility index (Phi) is 5.19. The number of aromatic nitrogens is 2. The fourth-order valence-electron chi connectivity index (χ4n) is 1.40. The van der Waals surface area contributed by atoms with E-state index < -0.39 is 5.97 Å². The third-order valence-corrected chi connectivity index (χ3v) is 2.29. The van der Waals surface area contributed by atoms with Gasteiger partial charge in [-0.2, -0.15) is 5.10 Å². The number of H-pyrrole nitrogens is 1. The normalized spacial score (nSPS) is 10.2. The van der Waals surface area contributed by atoms with E-state index >= 15 is 0 Å². The molecule has 1 rings (SSSR count). The quantitative estimate of drug-likeness (QED) is 0.621. The van der Waals surface area contributed by atoms with Gasteiger partial charge in [0.2, 0.25) is 0 Å². The third kappa shape index (κ3) is 5.14. The number of amides is 1. The van der Waals surface area contributed by atoms with Crippen molar-refractivity contribution < 1.29 is 14.7 Å². The zero-order valence-corrected chi connectivity index (χ0v) is 9.82. The lowest BCUT2D eigenvalue weighted by molar-refractivity contribution is -0.137. The minimum Gasteiger partial charge on any atom is -0.481 e. The Morgan fingerprint density at radius 1 is 1.41 bits per heavy atom. The first kappa shape index (κ1) is 13.2. The van der Waals surface area contributed by atoms with E-state index in [1.165, 1.54) is 0 Å². The van der Waals surface area contributed by atoms with Gasteiger partial charge in [-0.25, -0.2) is 0 Å². The van der Waals surface area contributed by atoms with Crippen LogP contribution >= 0.6 is 0 Å². The Labute approximate surface area is 99.4 Å². The van der Waals surface area contributed by atoms with Gasteiger partial charge in [0, 0.05) is 18.7 Å². The number of carboxylic acids is 1. The molecule has 0 bridgehead atoms. The van der Waals surface area contributed by atoms with Crippen molar-refractivity contribution in [2.24, 2.45) is 0 Å². The van der Waals surface area contributed by atoms with Crippen molar-refractivity contribution in [2.75, 3.05) is 6.54 Å². The van der Waals surface area contributed by atoms with Crippen molar-refractivity contribution in [2.45, 2.75) is 32.6 Å². The number of hydrogen-bond acceptors (Lipinski definition) is 3. The monoisotopic (exact) mass is 239 g/mol. The van der Waals surface area contributed by atoms with Gasteiger partial charge in [-0.3, -0.25) is 14.7 Å². The lowest BCUT2D eigenvalue weighted by Crippen LogP contribution is -2.24. The van der Waals surface area contributed by atoms with E-state index in [2.05, 4.69) is 15.5 Å². The molecule has 1 aromatic heterocycles. The number of nitrogens with zero attached hydrogens (tertiary/aromatic N) is 1. The highest BCUT2D eigenvalue weighted by Gasteiger charge is 2.07. The lowest BCUT2D eigenvalue weighted by Gasteiger charge is -2.02. The molecule has 0 unspecified atom stereocenters. The van der Waals surface area contributed by atoms with Crippen LogP contribution in [0.5, 0.6) is 0 Å². The second kappa shape index (κ2) is 6.67. The van der Waals surface area contributed by atoms with Crippen molar-refractivity contribution >= 4 is 11.9 Å². The summed E-state index contributed by atoms with van der Waals surface area (Å²) >= 11 is 0. The standard InChI is InChI=1S/C11H17N3O3/c1-8-7-9(14-13-8)11(17)12-6-4-2-3-5-10(15)16/h7H,2-6H2,1H3,(H,12,17)(H,13,14)(H,15,16). The van der Waals surface area contributed by atoms with Gasteiger partial charge in [0.15, 0.2) is 0 Å². The first-order valence-corrected chi connectivity index (χ1v) is 5.61. The predicted molar refractivity (Wildman–Crippen MR) is 61.8 cm³/mol. The molecule has 0 saturated heterocycles. The summed E-state index contributed by atoms with van der Waals surface area (Å²) in [6.45, 7) is 2.38. The van der Waals surface area contributed by atoms with Crippen LogP contribution in [0.25, 0.3) is 0 Å². The predicted octanol–water partition coefficient (Wildman–Crippen LogP) is 1.09. The number of hydrogen-bond donors (Lipinski definition) is 3. The van der Waals surface area contributed by atoms with Gasteiger partial charge < -0.3 is 10.4 Å². The van der Waals surface area contributed by atoms with Crippen molar-refractivity contribution in [1.29, 1.82) is 0 Å². The number of nitrogens with one attached hydrogen (secondary N) is 2. The second-order valence-corrected chi connectivity index (χ2v) is 3.90. The van der Waals surface area contributed by atoms with Crippen molar-refractivity contribution in [1.82, 2.24) is 15.5 Å². The smallest absolute Gasteiger partial charge is 0.303 e. The van der Waals surface area contributed by atoms with Gasteiger partial charge in [0.05, 0.1) is 0 Å². The molecule has 0 aliphatic carbocycles. The zero-order chi connectivity index (χ0) is 12.7. The molecule has 0 radical (unpaired) electrons. The van der Waals surface area contributed by atoms with Gasteiger partial charge in [-0.05, 0) is 25.8 Å². The maximum Gasteiger partial charge on any atom is 0.303 e. The Hall–Kier alpha value is -1.85. The summed E-state index contributed by atoms with van der Waals surface area (Å²) in [5.74, 6) is -0.978. The van der Waals surface area contributed by atoms with E-state index in [0.717, 1.165) is 18.5 Å². The number of carboxylic acid groups (broad SMARTS) is 1. The second-order valence-electron chi connectivity index (χ2n) is 3.90. The maximum atomic E-state index is 11.5. The van der Waals surface area contributed by atoms with E-state index in [0.29, 0.717) is 18.7 Å². The van der Waals surface area contributed by atoms with Crippen molar-refractivity contribution in [3.8, 4) is 0 Å². The zero-order valence-electron chi connectivity index (χ0n) is 9.82. The molecule has 0 spiro atoms. The van der Waals surface area contributed by atoms with E-state index in [9.17, 15) is 9.59 Å². The first-order chi connectivity index (χ1) is 8.09. The van der Waals surface area contributed by atoms with Gasteiger partial charge in [0.1, 0.15) is 5.69 Å². The van der Waals surface area contributed by atoms with E-state index in [-0.39, 0.29) is 12.3 Å². The third-order valence-electron chi connectivity index (χ3n) is 2.29. The van der Waals surface area contributed by atoms with Crippen LogP contribution in [-0.2, 0) is 4.79 Å². The molecule has 0 atom stereocenters. The molecule has 1 amide bonds. The summed E-state index contributed by atoms with van der Waals surface area (Å²) in [6, 6.07) is 1.68. The van der Waals surface area contributed by atoms with Crippen LogP contribution in [0.4, 0.5) is 0 Å². The minimum atomic E-state index is -0.777. The van der Waals surface area contributed by atoms with Crippen LogP contribution in [-0.4, -0.2) is 33.7 Å². The summed E-state index contributed by atoms with van der Waals surface area (Å²) in [5.41, 5.74) is 1.23. The average Bonchev–Trinajstić information content (AvgIpc) is 2.69. The van der Waals surface area contributed by atoms with Crippen LogP contribution in [0.2, 0.25) is 0 Å². The number of aromatic amines is 1. The fourth-order valence-corrected chi connectivity index (χ4v) is 1.40. The SMILES string of the molecule is Cc1cc(C(=O)NCCCCCC(=O)O)n[nH]1. The highest BCUT2D eigenvalue weighted by molar-refractivity contribution is 5.92. The molecule has 17 heavy (non-hydrogen) atoms. The van der Waals surface area contributed by atoms with Gasteiger partial charge in [0.25, 0.3) is 5.91 Å². The molecule has 6 nitrogen and oxygen atoms in total. The molecule has 0 saturated carbocycles. The van der Waals surface area contributed by atoms with Gasteiger partial charge in [-0.1, -0.05) is 6.42 Å². The molecule has 0 aliphatic heterocycles. The molecule has 0 fully saturated rings. The molecular formula is C11H17N3O3. The topological polar surface area (TPSA) is 95.1 Å². The Morgan fingerprint density at radius 3 is 2.76 bits per heavy atom. The lowest BCUT2D eigenvalue weighted by atomic mass is 10.2. The number of unbranched alkanes of at least 4 members (excludes halogenated alkanes) is 2. The number of aryl methyl sites for hydroxylation is 1. The molecule has 1 heterocycles. The highest BCUT2D eigenvalue weighted by Crippen LogP contribution is 2.00. The maximum absolute atomic E-state index is 11.5. The minimum absolute atomic E-state index is 0.187. The number of aliphatic carboxylic acids is 1. The summed E-state index contributed by atoms with van der Waals surface area (Å²) in [5, 5.41) is 17.7. The molecule has 1 aromatic rings. The summed E-state index contributed by atoms with van der Waals surface area (Å²) in [4.78, 5) is 21.8. The first-order valence-electron chi connectivity index (χ1n) is 5.61. The van der Waals surface area contributed by atoms with Crippen molar-refractivity contribution in [3.63, 3.8) is 0 Å². The van der Waals surface area contributed by atoms with Crippen LogP contribution in [0.3, 0.4) is 0 Å². The Balaban J connectivity index is 2.11. The van der Waals surface area contributed by atoms with Gasteiger partial charge >= 0.3 is 5.97 Å². The number of carbonyl (C=O) groups is 2. The van der Waals surface area contributed by atoms with Crippen LogP contribution in [0.15, 0.2) is 6.07 Å². The van der Waals surface area contributed by atoms with E-state index in [4.69, 9.17) is 5.11 Å². The van der Waals surface area contributed by atoms with Crippen LogP contribution < -0.4 is 5.32 Å².